The number of halogens is 2. The maximum absolute atomic E-state index is 10.7. The van der Waals surface area contributed by atoms with Gasteiger partial charge in [-0.25, -0.2) is 9.89 Å². The summed E-state index contributed by atoms with van der Waals surface area (Å²) in [5, 5.41) is 6.46. The lowest BCUT2D eigenvalue weighted by molar-refractivity contribution is 0.527. The number of aromatic amines is 1. The van der Waals surface area contributed by atoms with Gasteiger partial charge in [-0.3, -0.25) is 0 Å². The molecule has 72 valence electrons. The SMILES string of the molecule is O=c1[nH]nc(-c2ccc(Cl)c(Br)c2)o1. The number of rotatable bonds is 1. The van der Waals surface area contributed by atoms with E-state index in [0.29, 0.717) is 10.6 Å². The van der Waals surface area contributed by atoms with E-state index < -0.39 is 5.76 Å². The van der Waals surface area contributed by atoms with Crippen molar-refractivity contribution in [3.8, 4) is 11.5 Å². The molecule has 6 heteroatoms. The lowest BCUT2D eigenvalue weighted by Gasteiger charge is -1.97. The zero-order valence-electron chi connectivity index (χ0n) is 6.75. The van der Waals surface area contributed by atoms with Crippen LogP contribution in [0.5, 0.6) is 0 Å². The van der Waals surface area contributed by atoms with Gasteiger partial charge in [-0.2, -0.15) is 0 Å². The number of hydrogen-bond acceptors (Lipinski definition) is 3. The van der Waals surface area contributed by atoms with Crippen LogP contribution in [0, 0.1) is 0 Å². The summed E-state index contributed by atoms with van der Waals surface area (Å²) in [5.74, 6) is -0.335. The third-order valence-corrected chi connectivity index (χ3v) is 2.82. The van der Waals surface area contributed by atoms with Crippen molar-refractivity contribution < 1.29 is 4.42 Å². The van der Waals surface area contributed by atoms with Gasteiger partial charge in [0, 0.05) is 10.0 Å². The lowest BCUT2D eigenvalue weighted by Crippen LogP contribution is -1.93. The quantitative estimate of drug-likeness (QED) is 0.869. The second kappa shape index (κ2) is 3.59. The molecule has 1 aromatic carbocycles. The van der Waals surface area contributed by atoms with E-state index in [0.717, 1.165) is 4.47 Å². The standard InChI is InChI=1S/C8H4BrClN2O2/c9-5-3-4(1-2-6(5)10)7-11-12-8(13)14-7/h1-3H,(H,12,13). The second-order valence-corrected chi connectivity index (χ2v) is 3.81. The van der Waals surface area contributed by atoms with E-state index in [1.807, 2.05) is 0 Å². The van der Waals surface area contributed by atoms with Crippen LogP contribution in [-0.2, 0) is 0 Å². The molecule has 0 saturated carbocycles. The van der Waals surface area contributed by atoms with Gasteiger partial charge < -0.3 is 4.42 Å². The van der Waals surface area contributed by atoms with Gasteiger partial charge in [-0.15, -0.1) is 5.10 Å². The van der Waals surface area contributed by atoms with Crippen molar-refractivity contribution in [2.75, 3.05) is 0 Å². The number of nitrogens with one attached hydrogen (secondary N) is 1. The molecule has 0 saturated heterocycles. The van der Waals surface area contributed by atoms with Gasteiger partial charge in [0.15, 0.2) is 0 Å². The van der Waals surface area contributed by atoms with Crippen LogP contribution < -0.4 is 5.76 Å². The van der Waals surface area contributed by atoms with Crippen LogP contribution in [0.25, 0.3) is 11.5 Å². The Morgan fingerprint density at radius 1 is 1.50 bits per heavy atom. The molecule has 0 radical (unpaired) electrons. The van der Waals surface area contributed by atoms with Gasteiger partial charge in [0.2, 0.25) is 5.89 Å². The minimum Gasteiger partial charge on any atom is -0.388 e. The maximum atomic E-state index is 10.7. The Hall–Kier alpha value is -1.07. The number of benzene rings is 1. The van der Waals surface area contributed by atoms with Crippen LogP contribution in [-0.4, -0.2) is 10.2 Å². The predicted molar refractivity (Wildman–Crippen MR) is 55.3 cm³/mol. The Balaban J connectivity index is 2.52. The number of nitrogens with zero attached hydrogens (tertiary/aromatic N) is 1. The van der Waals surface area contributed by atoms with Gasteiger partial charge in [-0.1, -0.05) is 11.6 Å². The first kappa shape index (κ1) is 9.48. The van der Waals surface area contributed by atoms with Crippen LogP contribution in [0.2, 0.25) is 5.02 Å². The highest BCUT2D eigenvalue weighted by atomic mass is 79.9. The zero-order valence-corrected chi connectivity index (χ0v) is 9.09. The van der Waals surface area contributed by atoms with Crippen LogP contribution in [0.1, 0.15) is 0 Å². The smallest absolute Gasteiger partial charge is 0.388 e. The summed E-state index contributed by atoms with van der Waals surface area (Å²) in [7, 11) is 0. The minimum atomic E-state index is -0.578. The molecule has 1 N–H and O–H groups in total. The van der Waals surface area contributed by atoms with Gasteiger partial charge in [0.05, 0.1) is 5.02 Å². The van der Waals surface area contributed by atoms with E-state index in [-0.39, 0.29) is 5.89 Å². The second-order valence-electron chi connectivity index (χ2n) is 2.55. The Morgan fingerprint density at radius 2 is 2.29 bits per heavy atom. The number of H-pyrrole nitrogens is 1. The molecule has 2 rings (SSSR count). The molecule has 0 aliphatic carbocycles. The lowest BCUT2D eigenvalue weighted by atomic mass is 10.2. The fourth-order valence-electron chi connectivity index (χ4n) is 0.982. The van der Waals surface area contributed by atoms with Crippen molar-refractivity contribution in [2.45, 2.75) is 0 Å². The van der Waals surface area contributed by atoms with E-state index in [1.54, 1.807) is 18.2 Å². The third kappa shape index (κ3) is 1.73. The van der Waals surface area contributed by atoms with Gasteiger partial charge >= 0.3 is 5.76 Å². The first-order chi connectivity index (χ1) is 6.66. The molecular formula is C8H4BrClN2O2. The molecule has 4 nitrogen and oxygen atoms in total. The predicted octanol–water partition coefficient (Wildman–Crippen LogP) is 2.45. The monoisotopic (exact) mass is 274 g/mol. The van der Waals surface area contributed by atoms with Crippen LogP contribution in [0.15, 0.2) is 31.9 Å². The highest BCUT2D eigenvalue weighted by molar-refractivity contribution is 9.10. The molecule has 2 aromatic rings. The van der Waals surface area contributed by atoms with E-state index in [4.69, 9.17) is 16.0 Å². The molecule has 0 spiro atoms. The van der Waals surface area contributed by atoms with Crippen molar-refractivity contribution in [3.63, 3.8) is 0 Å². The Kier molecular flexibility index (Phi) is 2.43. The van der Waals surface area contributed by atoms with Crippen LogP contribution in [0.4, 0.5) is 0 Å². The Labute approximate surface area is 92.0 Å². The fraction of sp³-hybridized carbons (Fsp3) is 0. The summed E-state index contributed by atoms with van der Waals surface area (Å²) >= 11 is 9.07. The molecule has 0 fully saturated rings. The van der Waals surface area contributed by atoms with Crippen LogP contribution in [0.3, 0.4) is 0 Å². The largest absolute Gasteiger partial charge is 0.434 e. The molecule has 0 bridgehead atoms. The summed E-state index contributed by atoms with van der Waals surface area (Å²) in [6, 6.07) is 5.13. The summed E-state index contributed by atoms with van der Waals surface area (Å²) in [6.45, 7) is 0. The first-order valence-electron chi connectivity index (χ1n) is 3.68. The van der Waals surface area contributed by atoms with E-state index in [2.05, 4.69) is 26.1 Å². The Bertz CT molecular complexity index is 520. The highest BCUT2D eigenvalue weighted by Crippen LogP contribution is 2.27. The molecule has 0 amide bonds. The number of aromatic nitrogens is 2. The van der Waals surface area contributed by atoms with Crippen molar-refractivity contribution in [2.24, 2.45) is 0 Å². The third-order valence-electron chi connectivity index (χ3n) is 1.60. The van der Waals surface area contributed by atoms with Gasteiger partial charge in [0.1, 0.15) is 0 Å². The molecule has 1 heterocycles. The topological polar surface area (TPSA) is 58.9 Å². The average Bonchev–Trinajstić information content (AvgIpc) is 2.57. The summed E-state index contributed by atoms with van der Waals surface area (Å²) in [4.78, 5) is 10.7. The van der Waals surface area contributed by atoms with Crippen molar-refractivity contribution in [1.82, 2.24) is 10.2 Å². The van der Waals surface area contributed by atoms with E-state index >= 15 is 0 Å². The zero-order chi connectivity index (χ0) is 10.1. The highest BCUT2D eigenvalue weighted by Gasteiger charge is 2.06. The normalized spacial score (nSPS) is 10.4. The Morgan fingerprint density at radius 3 is 2.86 bits per heavy atom. The van der Waals surface area contributed by atoms with E-state index in [9.17, 15) is 4.79 Å². The molecular weight excluding hydrogens is 271 g/mol. The number of hydrogen-bond donors (Lipinski definition) is 1. The minimum absolute atomic E-state index is 0.243. The van der Waals surface area contributed by atoms with Gasteiger partial charge in [0.25, 0.3) is 0 Å². The molecule has 14 heavy (non-hydrogen) atoms. The maximum Gasteiger partial charge on any atom is 0.434 e. The summed E-state index contributed by atoms with van der Waals surface area (Å²) < 4.78 is 5.50. The summed E-state index contributed by atoms with van der Waals surface area (Å²) in [6.07, 6.45) is 0. The van der Waals surface area contributed by atoms with Crippen molar-refractivity contribution in [3.05, 3.63) is 38.2 Å². The van der Waals surface area contributed by atoms with E-state index in [1.165, 1.54) is 0 Å². The average molecular weight is 275 g/mol. The van der Waals surface area contributed by atoms with Gasteiger partial charge in [-0.05, 0) is 34.1 Å². The molecule has 0 atom stereocenters. The fourth-order valence-corrected chi connectivity index (χ4v) is 1.48. The molecule has 1 aromatic heterocycles. The van der Waals surface area contributed by atoms with Crippen molar-refractivity contribution >= 4 is 27.5 Å². The molecule has 0 unspecified atom stereocenters. The molecule has 0 aliphatic heterocycles. The molecule has 0 aliphatic rings. The summed E-state index contributed by atoms with van der Waals surface area (Å²) in [5.41, 5.74) is 0.680. The van der Waals surface area contributed by atoms with Crippen molar-refractivity contribution in [1.29, 1.82) is 0 Å². The van der Waals surface area contributed by atoms with Crippen LogP contribution >= 0.6 is 27.5 Å². The first-order valence-corrected chi connectivity index (χ1v) is 4.85.